The molecule has 5 heteroatoms. The number of alkyl halides is 1. The zero-order valence-electron chi connectivity index (χ0n) is 10.5. The third kappa shape index (κ3) is 5.80. The Morgan fingerprint density at radius 2 is 2.17 bits per heavy atom. The number of rotatable bonds is 9. The van der Waals surface area contributed by atoms with Crippen LogP contribution in [0.25, 0.3) is 0 Å². The number of benzene rings is 1. The largest absolute Gasteiger partial charge is 0.493 e. The highest BCUT2D eigenvalue weighted by Crippen LogP contribution is 2.22. The van der Waals surface area contributed by atoms with E-state index in [4.69, 9.17) is 9.47 Å². The molecule has 1 aromatic rings. The second-order valence-corrected chi connectivity index (χ2v) is 4.67. The lowest BCUT2D eigenvalue weighted by Crippen LogP contribution is -2.18. The second kappa shape index (κ2) is 9.30. The molecule has 3 nitrogen and oxygen atoms in total. The molecule has 0 heterocycles. The van der Waals surface area contributed by atoms with Gasteiger partial charge in [0.25, 0.3) is 0 Å². The Hall–Kier alpha value is -0.650. The smallest absolute Gasteiger partial charge is 0.119 e. The molecule has 1 N–H and O–H groups in total. The van der Waals surface area contributed by atoms with Gasteiger partial charge >= 0.3 is 0 Å². The van der Waals surface area contributed by atoms with E-state index in [1.54, 1.807) is 7.11 Å². The number of halogens is 2. The van der Waals surface area contributed by atoms with E-state index in [9.17, 15) is 4.39 Å². The predicted molar refractivity (Wildman–Crippen MR) is 73.8 cm³/mol. The molecule has 0 fully saturated rings. The Labute approximate surface area is 116 Å². The van der Waals surface area contributed by atoms with Gasteiger partial charge in [-0.15, -0.1) is 0 Å². The van der Waals surface area contributed by atoms with E-state index in [1.165, 1.54) is 0 Å². The van der Waals surface area contributed by atoms with Gasteiger partial charge in [-0.3, -0.25) is 4.39 Å². The van der Waals surface area contributed by atoms with Crippen LogP contribution in [-0.2, 0) is 11.3 Å². The van der Waals surface area contributed by atoms with Gasteiger partial charge in [-0.25, -0.2) is 0 Å². The Morgan fingerprint density at radius 1 is 1.33 bits per heavy atom. The van der Waals surface area contributed by atoms with Crippen LogP contribution in [0.15, 0.2) is 22.7 Å². The molecule has 0 unspecified atom stereocenters. The van der Waals surface area contributed by atoms with Crippen LogP contribution in [0, 0.1) is 0 Å². The van der Waals surface area contributed by atoms with Gasteiger partial charge in [0, 0.05) is 31.1 Å². The summed E-state index contributed by atoms with van der Waals surface area (Å²) in [6.45, 7) is 2.29. The molecule has 0 radical (unpaired) electrons. The quantitative estimate of drug-likeness (QED) is 0.710. The lowest BCUT2D eigenvalue weighted by molar-refractivity contribution is 0.199. The Balaban J connectivity index is 2.46. The highest BCUT2D eigenvalue weighted by atomic mass is 79.9. The van der Waals surface area contributed by atoms with Gasteiger partial charge in [0.1, 0.15) is 5.75 Å². The fourth-order valence-corrected chi connectivity index (χ4v) is 1.81. The topological polar surface area (TPSA) is 30.5 Å². The summed E-state index contributed by atoms with van der Waals surface area (Å²) in [4.78, 5) is 0. The Kier molecular flexibility index (Phi) is 7.96. The average Bonchev–Trinajstić information content (AvgIpc) is 2.38. The number of methoxy groups -OCH3 is 1. The summed E-state index contributed by atoms with van der Waals surface area (Å²) in [6, 6.07) is 5.78. The van der Waals surface area contributed by atoms with Crippen LogP contribution in [-0.4, -0.2) is 33.5 Å². The molecule has 0 aromatic heterocycles. The molecular formula is C13H19BrFNO2. The number of ether oxygens (including phenoxy) is 2. The second-order valence-electron chi connectivity index (χ2n) is 3.81. The molecule has 0 aliphatic rings. The van der Waals surface area contributed by atoms with Gasteiger partial charge in [-0.05, 0) is 23.8 Å². The maximum atomic E-state index is 12.0. The van der Waals surface area contributed by atoms with Gasteiger partial charge in [0.2, 0.25) is 0 Å². The van der Waals surface area contributed by atoms with Crippen LogP contribution in [0.5, 0.6) is 5.75 Å². The first-order chi connectivity index (χ1) is 8.77. The standard InChI is InChI=1S/C13H19BrFNO2/c1-17-8-6-16-10-11-9-12(3-4-13(11)14)18-7-2-5-15/h3-4,9,16H,2,5-8,10H2,1H3. The van der Waals surface area contributed by atoms with Crippen molar-refractivity contribution in [2.24, 2.45) is 0 Å². The van der Waals surface area contributed by atoms with Crippen molar-refractivity contribution in [3.63, 3.8) is 0 Å². The Bertz CT molecular complexity index is 350. The monoisotopic (exact) mass is 319 g/mol. The molecule has 102 valence electrons. The minimum atomic E-state index is -0.345. The van der Waals surface area contributed by atoms with E-state index in [0.29, 0.717) is 19.6 Å². The molecule has 0 aliphatic carbocycles. The molecule has 0 amide bonds. The SMILES string of the molecule is COCCNCc1cc(OCCCF)ccc1Br. The molecular weight excluding hydrogens is 301 g/mol. The van der Waals surface area contributed by atoms with Crippen molar-refractivity contribution in [3.05, 3.63) is 28.2 Å². The first kappa shape index (κ1) is 15.4. The summed E-state index contributed by atoms with van der Waals surface area (Å²) < 4.78 is 23.4. The fourth-order valence-electron chi connectivity index (χ4n) is 1.42. The highest BCUT2D eigenvalue weighted by Gasteiger charge is 2.02. The maximum absolute atomic E-state index is 12.0. The zero-order valence-corrected chi connectivity index (χ0v) is 12.1. The molecule has 0 saturated heterocycles. The van der Waals surface area contributed by atoms with Crippen molar-refractivity contribution >= 4 is 15.9 Å². The highest BCUT2D eigenvalue weighted by molar-refractivity contribution is 9.10. The van der Waals surface area contributed by atoms with Gasteiger partial charge in [0.05, 0.1) is 19.9 Å². The number of hydrogen-bond acceptors (Lipinski definition) is 3. The molecule has 0 bridgehead atoms. The van der Waals surface area contributed by atoms with Crippen LogP contribution < -0.4 is 10.1 Å². The molecule has 0 saturated carbocycles. The van der Waals surface area contributed by atoms with E-state index < -0.39 is 0 Å². The lowest BCUT2D eigenvalue weighted by Gasteiger charge is -2.10. The fraction of sp³-hybridized carbons (Fsp3) is 0.538. The van der Waals surface area contributed by atoms with Crippen LogP contribution in [0.1, 0.15) is 12.0 Å². The summed E-state index contributed by atoms with van der Waals surface area (Å²) >= 11 is 3.49. The van der Waals surface area contributed by atoms with Crippen molar-refractivity contribution < 1.29 is 13.9 Å². The number of hydrogen-bond donors (Lipinski definition) is 1. The van der Waals surface area contributed by atoms with Gasteiger partial charge < -0.3 is 14.8 Å². The zero-order chi connectivity index (χ0) is 13.2. The van der Waals surface area contributed by atoms with Gasteiger partial charge in [-0.1, -0.05) is 15.9 Å². The van der Waals surface area contributed by atoms with Crippen LogP contribution in [0.4, 0.5) is 4.39 Å². The lowest BCUT2D eigenvalue weighted by atomic mass is 10.2. The summed E-state index contributed by atoms with van der Waals surface area (Å²) in [6.07, 6.45) is 0.428. The predicted octanol–water partition coefficient (Wildman–Crippen LogP) is 2.92. The van der Waals surface area contributed by atoms with Crippen molar-refractivity contribution in [2.45, 2.75) is 13.0 Å². The Morgan fingerprint density at radius 3 is 2.89 bits per heavy atom. The molecule has 0 aliphatic heterocycles. The van der Waals surface area contributed by atoms with Gasteiger partial charge in [0.15, 0.2) is 0 Å². The third-order valence-electron chi connectivity index (χ3n) is 2.36. The number of nitrogens with one attached hydrogen (secondary N) is 1. The first-order valence-corrected chi connectivity index (χ1v) is 6.74. The molecule has 1 rings (SSSR count). The molecule has 18 heavy (non-hydrogen) atoms. The van der Waals surface area contributed by atoms with Crippen molar-refractivity contribution in [1.82, 2.24) is 5.32 Å². The van der Waals surface area contributed by atoms with Gasteiger partial charge in [-0.2, -0.15) is 0 Å². The van der Waals surface area contributed by atoms with E-state index >= 15 is 0 Å². The third-order valence-corrected chi connectivity index (χ3v) is 3.14. The van der Waals surface area contributed by atoms with Crippen LogP contribution in [0.3, 0.4) is 0 Å². The van der Waals surface area contributed by atoms with Crippen molar-refractivity contribution in [1.29, 1.82) is 0 Å². The molecule has 0 spiro atoms. The van der Waals surface area contributed by atoms with Crippen molar-refractivity contribution in [2.75, 3.05) is 33.5 Å². The van der Waals surface area contributed by atoms with E-state index in [0.717, 1.165) is 28.9 Å². The normalized spacial score (nSPS) is 10.6. The van der Waals surface area contributed by atoms with Crippen LogP contribution >= 0.6 is 15.9 Å². The molecule has 1 aromatic carbocycles. The summed E-state index contributed by atoms with van der Waals surface area (Å²) in [5.41, 5.74) is 1.11. The van der Waals surface area contributed by atoms with E-state index in [-0.39, 0.29) is 6.67 Å². The summed E-state index contributed by atoms with van der Waals surface area (Å²) in [5.74, 6) is 0.773. The summed E-state index contributed by atoms with van der Waals surface area (Å²) in [7, 11) is 1.68. The maximum Gasteiger partial charge on any atom is 0.119 e. The van der Waals surface area contributed by atoms with E-state index in [2.05, 4.69) is 21.2 Å². The summed E-state index contributed by atoms with van der Waals surface area (Å²) in [5, 5.41) is 3.27. The minimum absolute atomic E-state index is 0.345. The van der Waals surface area contributed by atoms with Crippen LogP contribution in [0.2, 0.25) is 0 Å². The minimum Gasteiger partial charge on any atom is -0.493 e. The molecule has 0 atom stereocenters. The van der Waals surface area contributed by atoms with Crippen molar-refractivity contribution in [3.8, 4) is 5.75 Å². The average molecular weight is 320 g/mol. The first-order valence-electron chi connectivity index (χ1n) is 5.94. The van der Waals surface area contributed by atoms with E-state index in [1.807, 2.05) is 18.2 Å².